The molecule has 108 valence electrons. The van der Waals surface area contributed by atoms with E-state index >= 15 is 0 Å². The molecule has 0 bridgehead atoms. The van der Waals surface area contributed by atoms with Crippen LogP contribution in [0.15, 0.2) is 39.0 Å². The topological polar surface area (TPSA) is 84.2 Å². The number of hydrogen-bond donors (Lipinski definition) is 3. The largest absolute Gasteiger partial charge is 0.398 e. The smallest absolute Gasteiger partial charge is 0.242 e. The van der Waals surface area contributed by atoms with Crippen LogP contribution in [-0.2, 0) is 16.6 Å². The highest BCUT2D eigenvalue weighted by Crippen LogP contribution is 2.25. The van der Waals surface area contributed by atoms with E-state index in [1.165, 1.54) is 18.0 Å². The van der Waals surface area contributed by atoms with E-state index in [4.69, 9.17) is 5.73 Å². The zero-order valence-electron chi connectivity index (χ0n) is 10.7. The summed E-state index contributed by atoms with van der Waals surface area (Å²) in [6.45, 7) is 0.661. The van der Waals surface area contributed by atoms with Crippen molar-refractivity contribution in [3.63, 3.8) is 0 Å². The summed E-state index contributed by atoms with van der Waals surface area (Å²) in [5.41, 5.74) is 6.79. The maximum atomic E-state index is 11.7. The van der Waals surface area contributed by atoms with Gasteiger partial charge in [-0.15, -0.1) is 11.3 Å². The Morgan fingerprint density at radius 2 is 2.05 bits per heavy atom. The molecule has 0 spiro atoms. The summed E-state index contributed by atoms with van der Waals surface area (Å²) >= 11 is 5.05. The number of halogens is 1. The van der Waals surface area contributed by atoms with Crippen molar-refractivity contribution in [2.75, 3.05) is 18.1 Å². The molecule has 0 unspecified atom stereocenters. The van der Waals surface area contributed by atoms with E-state index in [2.05, 4.69) is 26.0 Å². The highest BCUT2D eigenvalue weighted by Gasteiger charge is 2.15. The first-order chi connectivity index (χ1) is 9.42. The van der Waals surface area contributed by atoms with Crippen molar-refractivity contribution < 1.29 is 8.42 Å². The number of hydrogen-bond acceptors (Lipinski definition) is 5. The minimum absolute atomic E-state index is 0.0874. The van der Waals surface area contributed by atoms with Gasteiger partial charge in [0.05, 0.1) is 9.47 Å². The first-order valence-corrected chi connectivity index (χ1v) is 8.83. The molecule has 0 fully saturated rings. The van der Waals surface area contributed by atoms with Crippen LogP contribution in [0.4, 0.5) is 11.4 Å². The lowest BCUT2D eigenvalue weighted by Gasteiger charge is -2.10. The van der Waals surface area contributed by atoms with Crippen molar-refractivity contribution in [1.82, 2.24) is 4.72 Å². The van der Waals surface area contributed by atoms with Gasteiger partial charge in [-0.05, 0) is 53.3 Å². The number of nitrogen functional groups attached to an aromatic ring is 1. The summed E-state index contributed by atoms with van der Waals surface area (Å²) in [7, 11) is -2.16. The van der Waals surface area contributed by atoms with Gasteiger partial charge < -0.3 is 11.1 Å². The van der Waals surface area contributed by atoms with Crippen LogP contribution in [0, 0.1) is 0 Å². The van der Waals surface area contributed by atoms with E-state index in [1.54, 1.807) is 23.5 Å². The van der Waals surface area contributed by atoms with Crippen LogP contribution in [0.5, 0.6) is 0 Å². The van der Waals surface area contributed by atoms with E-state index in [0.717, 1.165) is 9.47 Å². The Hall–Kier alpha value is -1.09. The SMILES string of the molecule is CNS(=O)(=O)c1ccc(NCc2ccc(Br)s2)cc1N. The van der Waals surface area contributed by atoms with Gasteiger partial charge in [-0.3, -0.25) is 0 Å². The number of rotatable bonds is 5. The fourth-order valence-electron chi connectivity index (χ4n) is 1.65. The van der Waals surface area contributed by atoms with Crippen LogP contribution in [0.3, 0.4) is 0 Å². The molecule has 4 N–H and O–H groups in total. The Bertz CT molecular complexity index is 713. The first kappa shape index (κ1) is 15.3. The molecule has 0 saturated carbocycles. The fourth-order valence-corrected chi connectivity index (χ4v) is 3.91. The summed E-state index contributed by atoms with van der Waals surface area (Å²) in [6, 6.07) is 8.81. The Balaban J connectivity index is 2.13. The summed E-state index contributed by atoms with van der Waals surface area (Å²) in [4.78, 5) is 1.26. The molecular formula is C12H14BrN3O2S2. The lowest BCUT2D eigenvalue weighted by Crippen LogP contribution is -2.19. The second kappa shape index (κ2) is 6.13. The number of benzene rings is 1. The second-order valence-electron chi connectivity index (χ2n) is 4.02. The van der Waals surface area contributed by atoms with E-state index in [-0.39, 0.29) is 10.6 Å². The number of anilines is 2. The van der Waals surface area contributed by atoms with Crippen LogP contribution in [0.25, 0.3) is 0 Å². The average molecular weight is 376 g/mol. The maximum absolute atomic E-state index is 11.7. The minimum Gasteiger partial charge on any atom is -0.398 e. The van der Waals surface area contributed by atoms with Crippen molar-refractivity contribution in [3.8, 4) is 0 Å². The number of nitrogens with two attached hydrogens (primary N) is 1. The van der Waals surface area contributed by atoms with Gasteiger partial charge in [0.2, 0.25) is 10.0 Å². The molecule has 0 aliphatic rings. The molecule has 1 aromatic carbocycles. The third-order valence-electron chi connectivity index (χ3n) is 2.66. The number of sulfonamides is 1. The zero-order valence-corrected chi connectivity index (χ0v) is 13.9. The van der Waals surface area contributed by atoms with Gasteiger partial charge in [0.15, 0.2) is 0 Å². The van der Waals surface area contributed by atoms with Crippen molar-refractivity contribution in [2.24, 2.45) is 0 Å². The zero-order chi connectivity index (χ0) is 14.8. The second-order valence-corrected chi connectivity index (χ2v) is 8.42. The van der Waals surface area contributed by atoms with Crippen LogP contribution < -0.4 is 15.8 Å². The molecule has 0 radical (unpaired) electrons. The summed E-state index contributed by atoms with van der Waals surface area (Å²) < 4.78 is 26.7. The van der Waals surface area contributed by atoms with Crippen LogP contribution in [0.2, 0.25) is 0 Å². The minimum atomic E-state index is -3.52. The quantitative estimate of drug-likeness (QED) is 0.701. The van der Waals surface area contributed by atoms with Crippen molar-refractivity contribution in [2.45, 2.75) is 11.4 Å². The maximum Gasteiger partial charge on any atom is 0.242 e. The van der Waals surface area contributed by atoms with Crippen LogP contribution >= 0.6 is 27.3 Å². The molecule has 1 aromatic heterocycles. The monoisotopic (exact) mass is 375 g/mol. The highest BCUT2D eigenvalue weighted by molar-refractivity contribution is 9.11. The van der Waals surface area contributed by atoms with Gasteiger partial charge in [-0.2, -0.15) is 0 Å². The third-order valence-corrected chi connectivity index (χ3v) is 5.78. The summed E-state index contributed by atoms with van der Waals surface area (Å²) in [6.07, 6.45) is 0. The Labute approximate surface area is 130 Å². The van der Waals surface area contributed by atoms with E-state index in [0.29, 0.717) is 6.54 Å². The Morgan fingerprint density at radius 3 is 2.60 bits per heavy atom. The molecule has 0 atom stereocenters. The van der Waals surface area contributed by atoms with E-state index in [9.17, 15) is 8.42 Å². The average Bonchev–Trinajstić information content (AvgIpc) is 2.82. The Morgan fingerprint density at radius 1 is 1.30 bits per heavy atom. The van der Waals surface area contributed by atoms with Crippen LogP contribution in [0.1, 0.15) is 4.88 Å². The predicted molar refractivity (Wildman–Crippen MR) is 86.4 cm³/mol. The van der Waals surface area contributed by atoms with Crippen molar-refractivity contribution in [1.29, 1.82) is 0 Å². The van der Waals surface area contributed by atoms with E-state index < -0.39 is 10.0 Å². The molecule has 20 heavy (non-hydrogen) atoms. The van der Waals surface area contributed by atoms with Gasteiger partial charge in [0, 0.05) is 17.1 Å². The third kappa shape index (κ3) is 3.51. The number of nitrogens with one attached hydrogen (secondary N) is 2. The van der Waals surface area contributed by atoms with Crippen LogP contribution in [-0.4, -0.2) is 15.5 Å². The molecule has 0 amide bonds. The highest BCUT2D eigenvalue weighted by atomic mass is 79.9. The van der Waals surface area contributed by atoms with Gasteiger partial charge >= 0.3 is 0 Å². The Kier molecular flexibility index (Phi) is 4.69. The fraction of sp³-hybridized carbons (Fsp3) is 0.167. The summed E-state index contributed by atoms with van der Waals surface area (Å²) in [5, 5.41) is 3.21. The lowest BCUT2D eigenvalue weighted by atomic mass is 10.3. The van der Waals surface area contributed by atoms with Gasteiger partial charge in [0.25, 0.3) is 0 Å². The lowest BCUT2D eigenvalue weighted by molar-refractivity contribution is 0.588. The summed E-state index contributed by atoms with van der Waals surface area (Å²) in [5.74, 6) is 0. The van der Waals surface area contributed by atoms with Gasteiger partial charge in [-0.25, -0.2) is 13.1 Å². The molecule has 2 aromatic rings. The molecule has 0 aliphatic heterocycles. The number of thiophene rings is 1. The molecule has 2 rings (SSSR count). The van der Waals surface area contributed by atoms with Gasteiger partial charge in [0.1, 0.15) is 4.90 Å². The molecule has 5 nitrogen and oxygen atoms in total. The standard InChI is InChI=1S/C12H14BrN3O2S2/c1-15-20(17,18)11-4-2-8(6-10(11)14)16-7-9-3-5-12(13)19-9/h2-6,15-16H,7,14H2,1H3. The molecule has 0 saturated heterocycles. The van der Waals surface area contributed by atoms with E-state index in [1.807, 2.05) is 12.1 Å². The molecular weight excluding hydrogens is 362 g/mol. The normalized spacial score (nSPS) is 11.5. The molecule has 0 aliphatic carbocycles. The van der Waals surface area contributed by atoms with Crippen molar-refractivity contribution in [3.05, 3.63) is 39.0 Å². The molecule has 8 heteroatoms. The molecule has 1 heterocycles. The first-order valence-electron chi connectivity index (χ1n) is 5.73. The van der Waals surface area contributed by atoms with Crippen molar-refractivity contribution >= 4 is 48.7 Å². The van der Waals surface area contributed by atoms with Gasteiger partial charge in [-0.1, -0.05) is 0 Å². The predicted octanol–water partition coefficient (Wildman–Crippen LogP) is 2.61.